The molecule has 0 unspecified atom stereocenters. The first-order chi connectivity index (χ1) is 13.8. The van der Waals surface area contributed by atoms with Crippen molar-refractivity contribution in [3.8, 4) is 0 Å². The minimum Gasteiger partial charge on any atom is -0.355 e. The highest BCUT2D eigenvalue weighted by atomic mass is 19.2. The molecule has 1 atom stereocenters. The number of nitrogens with one attached hydrogen (secondary N) is 1. The second kappa shape index (κ2) is 7.69. The van der Waals surface area contributed by atoms with E-state index < -0.39 is 11.6 Å². The minimum atomic E-state index is -0.918. The Kier molecular flexibility index (Phi) is 5.38. The van der Waals surface area contributed by atoms with Crippen molar-refractivity contribution >= 4 is 11.8 Å². The first-order valence-electron chi connectivity index (χ1n) is 10.8. The lowest BCUT2D eigenvalue weighted by Gasteiger charge is -2.55. The van der Waals surface area contributed by atoms with E-state index in [0.717, 1.165) is 31.4 Å². The highest BCUT2D eigenvalue weighted by molar-refractivity contribution is 5.84. The lowest BCUT2D eigenvalue weighted by molar-refractivity contribution is -0.146. The van der Waals surface area contributed by atoms with Crippen molar-refractivity contribution in [3.05, 3.63) is 35.4 Å². The highest BCUT2D eigenvalue weighted by Gasteiger charge is 2.54. The van der Waals surface area contributed by atoms with Crippen molar-refractivity contribution in [1.82, 2.24) is 10.2 Å². The van der Waals surface area contributed by atoms with Gasteiger partial charge in [-0.15, -0.1) is 0 Å². The molecule has 1 aromatic carbocycles. The fourth-order valence-corrected chi connectivity index (χ4v) is 6.25. The van der Waals surface area contributed by atoms with E-state index in [1.807, 2.05) is 0 Å². The van der Waals surface area contributed by atoms with Gasteiger partial charge in [-0.3, -0.25) is 9.59 Å². The Balaban J connectivity index is 1.29. The smallest absolute Gasteiger partial charge is 0.226 e. The van der Waals surface area contributed by atoms with Gasteiger partial charge in [0.15, 0.2) is 11.6 Å². The number of amides is 2. The Morgan fingerprint density at radius 2 is 1.69 bits per heavy atom. The van der Waals surface area contributed by atoms with Crippen LogP contribution in [0.25, 0.3) is 0 Å². The van der Waals surface area contributed by atoms with Crippen LogP contribution < -0.4 is 5.32 Å². The standard InChI is InChI=1S/C23H30F2N2O2/c1-14(18-3-4-19(24)20(25)10-18)27(2)21(28)5-6-26-22(29)23-11-15-7-16(12-23)9-17(8-15)13-23/h3-4,10,14-17H,5-9,11-13H2,1-2H3,(H,26,29)/t14-,15?,16?,17?,23?/m0/s1. The van der Waals surface area contributed by atoms with Gasteiger partial charge < -0.3 is 10.2 Å². The molecule has 4 aliphatic rings. The topological polar surface area (TPSA) is 49.4 Å². The first-order valence-corrected chi connectivity index (χ1v) is 10.8. The molecule has 0 aromatic heterocycles. The zero-order valence-electron chi connectivity index (χ0n) is 17.2. The summed E-state index contributed by atoms with van der Waals surface area (Å²) in [5.74, 6) is 0.291. The van der Waals surface area contributed by atoms with Gasteiger partial charge in [0.1, 0.15) is 0 Å². The van der Waals surface area contributed by atoms with Crippen molar-refractivity contribution < 1.29 is 18.4 Å². The quantitative estimate of drug-likeness (QED) is 0.772. The molecule has 158 valence electrons. The van der Waals surface area contributed by atoms with Crippen LogP contribution in [0.4, 0.5) is 8.78 Å². The number of carbonyl (C=O) groups is 2. The Hall–Kier alpha value is -1.98. The molecule has 6 heteroatoms. The van der Waals surface area contributed by atoms with Crippen LogP contribution in [-0.2, 0) is 9.59 Å². The lowest BCUT2D eigenvalue weighted by atomic mass is 9.49. The third-order valence-corrected chi connectivity index (χ3v) is 7.54. The van der Waals surface area contributed by atoms with Gasteiger partial charge in [-0.2, -0.15) is 0 Å². The molecule has 5 rings (SSSR count). The van der Waals surface area contributed by atoms with Crippen molar-refractivity contribution in [1.29, 1.82) is 0 Å². The summed E-state index contributed by atoms with van der Waals surface area (Å²) in [6.45, 7) is 2.09. The van der Waals surface area contributed by atoms with E-state index in [-0.39, 0.29) is 29.7 Å². The summed E-state index contributed by atoms with van der Waals surface area (Å²) in [7, 11) is 1.65. The van der Waals surface area contributed by atoms with Crippen LogP contribution >= 0.6 is 0 Å². The Labute approximate surface area is 171 Å². The van der Waals surface area contributed by atoms with Gasteiger partial charge in [-0.25, -0.2) is 8.78 Å². The van der Waals surface area contributed by atoms with Crippen LogP contribution in [0.3, 0.4) is 0 Å². The molecule has 4 fully saturated rings. The molecule has 0 heterocycles. The van der Waals surface area contributed by atoms with E-state index in [0.29, 0.717) is 29.9 Å². The Morgan fingerprint density at radius 3 is 2.24 bits per heavy atom. The van der Waals surface area contributed by atoms with Gasteiger partial charge in [0.05, 0.1) is 6.04 Å². The van der Waals surface area contributed by atoms with Gasteiger partial charge >= 0.3 is 0 Å². The van der Waals surface area contributed by atoms with E-state index in [1.54, 1.807) is 14.0 Å². The normalized spacial score (nSPS) is 30.8. The summed E-state index contributed by atoms with van der Waals surface area (Å²) >= 11 is 0. The van der Waals surface area contributed by atoms with E-state index in [2.05, 4.69) is 5.32 Å². The van der Waals surface area contributed by atoms with E-state index in [4.69, 9.17) is 0 Å². The molecule has 29 heavy (non-hydrogen) atoms. The van der Waals surface area contributed by atoms with Gasteiger partial charge in [0, 0.05) is 25.4 Å². The van der Waals surface area contributed by atoms with Crippen molar-refractivity contribution in [2.24, 2.45) is 23.2 Å². The monoisotopic (exact) mass is 404 g/mol. The van der Waals surface area contributed by atoms with Crippen LogP contribution in [0.15, 0.2) is 18.2 Å². The fourth-order valence-electron chi connectivity index (χ4n) is 6.25. The van der Waals surface area contributed by atoms with Gasteiger partial charge in [0.2, 0.25) is 11.8 Å². The highest BCUT2D eigenvalue weighted by Crippen LogP contribution is 2.60. The maximum atomic E-state index is 13.5. The molecule has 4 bridgehead atoms. The zero-order valence-corrected chi connectivity index (χ0v) is 17.2. The average Bonchev–Trinajstić information content (AvgIpc) is 2.67. The van der Waals surface area contributed by atoms with Crippen molar-refractivity contribution in [3.63, 3.8) is 0 Å². The van der Waals surface area contributed by atoms with Crippen LogP contribution in [-0.4, -0.2) is 30.3 Å². The summed E-state index contributed by atoms with van der Waals surface area (Å²) < 4.78 is 26.6. The van der Waals surface area contributed by atoms with Crippen LogP contribution in [0.1, 0.15) is 63.5 Å². The molecular weight excluding hydrogens is 374 g/mol. The van der Waals surface area contributed by atoms with Gasteiger partial charge in [-0.05, 0) is 80.9 Å². The predicted octanol–water partition coefficient (Wildman–Crippen LogP) is 4.21. The number of benzene rings is 1. The number of carbonyl (C=O) groups excluding carboxylic acids is 2. The van der Waals surface area contributed by atoms with Gasteiger partial charge in [-0.1, -0.05) is 6.07 Å². The molecule has 0 saturated heterocycles. The molecule has 4 aliphatic carbocycles. The molecule has 1 N–H and O–H groups in total. The second-order valence-electron chi connectivity index (χ2n) is 9.56. The van der Waals surface area contributed by atoms with Crippen molar-refractivity contribution in [2.45, 2.75) is 57.9 Å². The number of hydrogen-bond acceptors (Lipinski definition) is 2. The van der Waals surface area contributed by atoms with Gasteiger partial charge in [0.25, 0.3) is 0 Å². The lowest BCUT2D eigenvalue weighted by Crippen LogP contribution is -2.53. The Bertz CT molecular complexity index is 775. The molecule has 0 spiro atoms. The third-order valence-electron chi connectivity index (χ3n) is 7.54. The predicted molar refractivity (Wildman–Crippen MR) is 106 cm³/mol. The van der Waals surface area contributed by atoms with E-state index >= 15 is 0 Å². The summed E-state index contributed by atoms with van der Waals surface area (Å²) in [4.78, 5) is 27.0. The van der Waals surface area contributed by atoms with E-state index in [9.17, 15) is 18.4 Å². The van der Waals surface area contributed by atoms with Crippen molar-refractivity contribution in [2.75, 3.05) is 13.6 Å². The Morgan fingerprint density at radius 1 is 1.10 bits per heavy atom. The first kappa shape index (κ1) is 20.3. The molecule has 0 radical (unpaired) electrons. The summed E-state index contributed by atoms with van der Waals surface area (Å²) in [6, 6.07) is 3.31. The molecule has 0 aliphatic heterocycles. The number of rotatable bonds is 6. The maximum absolute atomic E-state index is 13.5. The summed E-state index contributed by atoms with van der Waals surface area (Å²) in [5.41, 5.74) is 0.333. The zero-order chi connectivity index (χ0) is 20.8. The molecule has 1 aromatic rings. The molecule has 4 nitrogen and oxygen atoms in total. The third kappa shape index (κ3) is 3.90. The molecule has 2 amide bonds. The number of halogens is 2. The summed E-state index contributed by atoms with van der Waals surface area (Å²) in [5, 5.41) is 3.02. The maximum Gasteiger partial charge on any atom is 0.226 e. The largest absolute Gasteiger partial charge is 0.355 e. The number of nitrogens with zero attached hydrogens (tertiary/aromatic N) is 1. The molecule has 4 saturated carbocycles. The summed E-state index contributed by atoms with van der Waals surface area (Å²) in [6.07, 6.45) is 7.08. The van der Waals surface area contributed by atoms with Crippen LogP contribution in [0.5, 0.6) is 0 Å². The molecular formula is C23H30F2N2O2. The second-order valence-corrected chi connectivity index (χ2v) is 9.56. The SMILES string of the molecule is C[C@@H](c1ccc(F)c(F)c1)N(C)C(=O)CCNC(=O)C12CC3CC(CC(C3)C1)C2. The van der Waals surface area contributed by atoms with E-state index in [1.165, 1.54) is 30.2 Å². The fraction of sp³-hybridized carbons (Fsp3) is 0.652. The van der Waals surface area contributed by atoms with Crippen LogP contribution in [0, 0.1) is 34.8 Å². The number of hydrogen-bond donors (Lipinski definition) is 1. The van der Waals surface area contributed by atoms with Crippen LogP contribution in [0.2, 0.25) is 0 Å². The minimum absolute atomic E-state index is 0.126. The average molecular weight is 405 g/mol.